The Kier molecular flexibility index (Phi) is 2.83. The Hall–Kier alpha value is -1.91. The van der Waals surface area contributed by atoms with Gasteiger partial charge in [-0.2, -0.15) is 0 Å². The molecule has 1 aromatic heterocycles. The monoisotopic (exact) mass is 239 g/mol. The zero-order valence-electron chi connectivity index (χ0n) is 9.41. The minimum Gasteiger partial charge on any atom is -0.497 e. The van der Waals surface area contributed by atoms with Crippen molar-refractivity contribution in [2.75, 3.05) is 7.11 Å². The molecular formula is C12H11F2NO2. The molecule has 0 fully saturated rings. The third-order valence-electron chi connectivity index (χ3n) is 2.66. The fourth-order valence-electron chi connectivity index (χ4n) is 1.81. The molecule has 0 aliphatic heterocycles. The van der Waals surface area contributed by atoms with Gasteiger partial charge in [-0.1, -0.05) is 0 Å². The number of carbonyl (C=O) groups excluding carboxylic acids is 1. The van der Waals surface area contributed by atoms with E-state index in [0.29, 0.717) is 11.1 Å². The minimum atomic E-state index is -2.99. The van der Waals surface area contributed by atoms with Crippen molar-refractivity contribution < 1.29 is 18.3 Å². The van der Waals surface area contributed by atoms with E-state index in [1.54, 1.807) is 29.8 Å². The predicted octanol–water partition coefficient (Wildman–Crippen LogP) is 2.63. The minimum absolute atomic E-state index is 0.0244. The molecule has 0 aliphatic carbocycles. The van der Waals surface area contributed by atoms with Crippen LogP contribution in [0.2, 0.25) is 0 Å². The first kappa shape index (κ1) is 11.6. The molecule has 2 aromatic rings. The number of alkyl halides is 2. The van der Waals surface area contributed by atoms with Crippen molar-refractivity contribution >= 4 is 16.7 Å². The number of carbonyl (C=O) groups is 1. The molecule has 0 spiro atoms. The Morgan fingerprint density at radius 3 is 2.71 bits per heavy atom. The van der Waals surface area contributed by atoms with Gasteiger partial charge in [0.2, 0.25) is 5.78 Å². The number of benzene rings is 1. The predicted molar refractivity (Wildman–Crippen MR) is 59.8 cm³/mol. The molecule has 0 bridgehead atoms. The molecule has 0 saturated carbocycles. The number of rotatable bonds is 3. The van der Waals surface area contributed by atoms with Crippen molar-refractivity contribution in [2.45, 2.75) is 6.43 Å². The highest BCUT2D eigenvalue weighted by Gasteiger charge is 2.22. The van der Waals surface area contributed by atoms with Crippen LogP contribution in [0, 0.1) is 0 Å². The summed E-state index contributed by atoms with van der Waals surface area (Å²) in [4.78, 5) is 11.4. The van der Waals surface area contributed by atoms with Crippen LogP contribution in [-0.2, 0) is 7.05 Å². The summed E-state index contributed by atoms with van der Waals surface area (Å²) in [6.07, 6.45) is -1.58. The second-order valence-corrected chi connectivity index (χ2v) is 3.70. The van der Waals surface area contributed by atoms with Crippen LogP contribution < -0.4 is 4.74 Å². The number of aromatic nitrogens is 1. The molecule has 0 amide bonds. The molecule has 0 saturated heterocycles. The molecule has 3 nitrogen and oxygen atoms in total. The van der Waals surface area contributed by atoms with Crippen molar-refractivity contribution in [1.29, 1.82) is 0 Å². The summed E-state index contributed by atoms with van der Waals surface area (Å²) >= 11 is 0. The number of methoxy groups -OCH3 is 1. The number of hydrogen-bond acceptors (Lipinski definition) is 2. The molecule has 17 heavy (non-hydrogen) atoms. The second-order valence-electron chi connectivity index (χ2n) is 3.70. The first-order chi connectivity index (χ1) is 8.04. The number of ether oxygens (including phenoxy) is 1. The molecule has 0 atom stereocenters. The van der Waals surface area contributed by atoms with Crippen LogP contribution in [0.4, 0.5) is 8.78 Å². The van der Waals surface area contributed by atoms with Gasteiger partial charge in [-0.05, 0) is 18.2 Å². The maximum atomic E-state index is 12.4. The summed E-state index contributed by atoms with van der Waals surface area (Å²) < 4.78 is 31.5. The van der Waals surface area contributed by atoms with E-state index in [1.807, 2.05) is 0 Å². The topological polar surface area (TPSA) is 31.2 Å². The van der Waals surface area contributed by atoms with Gasteiger partial charge in [-0.15, -0.1) is 0 Å². The van der Waals surface area contributed by atoms with Crippen molar-refractivity contribution in [2.24, 2.45) is 7.05 Å². The zero-order valence-corrected chi connectivity index (χ0v) is 9.41. The third kappa shape index (κ3) is 1.88. The fourth-order valence-corrected chi connectivity index (χ4v) is 1.81. The number of fused-ring (bicyclic) bond motifs is 1. The van der Waals surface area contributed by atoms with Gasteiger partial charge in [0.25, 0.3) is 0 Å². The summed E-state index contributed by atoms with van der Waals surface area (Å²) in [5.41, 5.74) is 0.742. The lowest BCUT2D eigenvalue weighted by molar-refractivity contribution is 0.0680. The number of nitrogens with zero attached hydrogens (tertiary/aromatic N) is 1. The van der Waals surface area contributed by atoms with E-state index in [0.717, 1.165) is 5.52 Å². The molecule has 1 aromatic carbocycles. The second kappa shape index (κ2) is 4.16. The largest absolute Gasteiger partial charge is 0.497 e. The van der Waals surface area contributed by atoms with E-state index >= 15 is 0 Å². The smallest absolute Gasteiger partial charge is 0.300 e. The van der Waals surface area contributed by atoms with Crippen LogP contribution in [0.1, 0.15) is 10.4 Å². The number of aryl methyl sites for hydroxylation is 1. The highest BCUT2D eigenvalue weighted by atomic mass is 19.3. The summed E-state index contributed by atoms with van der Waals surface area (Å²) in [6, 6.07) is 5.04. The molecule has 2 rings (SSSR count). The van der Waals surface area contributed by atoms with Gasteiger partial charge >= 0.3 is 6.43 Å². The lowest BCUT2D eigenvalue weighted by atomic mass is 10.1. The van der Waals surface area contributed by atoms with E-state index in [1.165, 1.54) is 13.3 Å². The Bertz CT molecular complexity index is 575. The van der Waals surface area contributed by atoms with Gasteiger partial charge in [0.05, 0.1) is 7.11 Å². The van der Waals surface area contributed by atoms with E-state index in [4.69, 9.17) is 4.74 Å². The average Bonchev–Trinajstić information content (AvgIpc) is 2.65. The summed E-state index contributed by atoms with van der Waals surface area (Å²) in [7, 11) is 3.19. The van der Waals surface area contributed by atoms with Crippen molar-refractivity contribution in [1.82, 2.24) is 4.57 Å². The normalized spacial score (nSPS) is 11.1. The van der Waals surface area contributed by atoms with Crippen molar-refractivity contribution in [3.8, 4) is 5.75 Å². The van der Waals surface area contributed by atoms with E-state index in [9.17, 15) is 13.6 Å². The van der Waals surface area contributed by atoms with Crippen LogP contribution in [0.15, 0.2) is 24.4 Å². The molecule has 5 heteroatoms. The molecule has 1 heterocycles. The molecule has 0 radical (unpaired) electrons. The average molecular weight is 239 g/mol. The number of hydrogen-bond donors (Lipinski definition) is 0. The first-order valence-electron chi connectivity index (χ1n) is 5.00. The number of Topliss-reactive ketones (excluding diaryl/α,β-unsaturated/α-hetero) is 1. The lowest BCUT2D eigenvalue weighted by Gasteiger charge is -2.01. The standard InChI is InChI=1S/C12H11F2NO2/c1-15-6-9(11(16)12(13)14)8-5-7(17-2)3-4-10(8)15/h3-6,12H,1-2H3. The van der Waals surface area contributed by atoms with Gasteiger partial charge < -0.3 is 9.30 Å². The van der Waals surface area contributed by atoms with Gasteiger partial charge in [0, 0.05) is 29.7 Å². The highest BCUT2D eigenvalue weighted by Crippen LogP contribution is 2.26. The van der Waals surface area contributed by atoms with Crippen LogP contribution in [0.25, 0.3) is 10.9 Å². The Balaban J connectivity index is 2.67. The Morgan fingerprint density at radius 1 is 1.41 bits per heavy atom. The highest BCUT2D eigenvalue weighted by molar-refractivity contribution is 6.09. The SMILES string of the molecule is COc1ccc2c(c1)c(C(=O)C(F)F)cn2C. The molecule has 0 aliphatic rings. The molecule has 90 valence electrons. The first-order valence-corrected chi connectivity index (χ1v) is 5.00. The van der Waals surface area contributed by atoms with Gasteiger partial charge in [0.15, 0.2) is 0 Å². The van der Waals surface area contributed by atoms with Gasteiger partial charge in [-0.25, -0.2) is 8.78 Å². The third-order valence-corrected chi connectivity index (χ3v) is 2.66. The van der Waals surface area contributed by atoms with Crippen molar-refractivity contribution in [3.63, 3.8) is 0 Å². The number of halogens is 2. The van der Waals surface area contributed by atoms with Crippen LogP contribution in [0.3, 0.4) is 0 Å². The summed E-state index contributed by atoms with van der Waals surface area (Å²) in [6.45, 7) is 0. The van der Waals surface area contributed by atoms with E-state index in [-0.39, 0.29) is 5.56 Å². The molecule has 0 unspecified atom stereocenters. The fraction of sp³-hybridized carbons (Fsp3) is 0.250. The summed E-state index contributed by atoms with van der Waals surface area (Å²) in [5.74, 6) is -0.629. The number of ketones is 1. The summed E-state index contributed by atoms with van der Waals surface area (Å²) in [5, 5.41) is 0.483. The van der Waals surface area contributed by atoms with E-state index < -0.39 is 12.2 Å². The van der Waals surface area contributed by atoms with Crippen LogP contribution in [0.5, 0.6) is 5.75 Å². The van der Waals surface area contributed by atoms with Crippen LogP contribution >= 0.6 is 0 Å². The molecular weight excluding hydrogens is 228 g/mol. The van der Waals surface area contributed by atoms with Gasteiger partial charge in [-0.3, -0.25) is 4.79 Å². The van der Waals surface area contributed by atoms with Crippen molar-refractivity contribution in [3.05, 3.63) is 30.0 Å². The van der Waals surface area contributed by atoms with Crippen LogP contribution in [-0.4, -0.2) is 23.9 Å². The Labute approximate surface area is 96.6 Å². The van der Waals surface area contributed by atoms with E-state index in [2.05, 4.69) is 0 Å². The maximum absolute atomic E-state index is 12.4. The lowest BCUT2D eigenvalue weighted by Crippen LogP contribution is -2.09. The Morgan fingerprint density at radius 2 is 2.12 bits per heavy atom. The zero-order chi connectivity index (χ0) is 12.6. The quantitative estimate of drug-likeness (QED) is 0.771. The molecule has 0 N–H and O–H groups in total. The maximum Gasteiger partial charge on any atom is 0.300 e. The van der Waals surface area contributed by atoms with Gasteiger partial charge in [0.1, 0.15) is 5.75 Å².